The van der Waals surface area contributed by atoms with Crippen LogP contribution < -0.4 is 5.32 Å². The molecule has 1 rings (SSSR count). The molecule has 0 bridgehead atoms. The van der Waals surface area contributed by atoms with Gasteiger partial charge in [0.25, 0.3) is 0 Å². The molecule has 0 aromatic heterocycles. The summed E-state index contributed by atoms with van der Waals surface area (Å²) in [5.74, 6) is 2.53. The van der Waals surface area contributed by atoms with Crippen LogP contribution in [0.15, 0.2) is 0 Å². The van der Waals surface area contributed by atoms with Crippen molar-refractivity contribution in [3.63, 3.8) is 0 Å². The third-order valence-corrected chi connectivity index (χ3v) is 2.90. The summed E-state index contributed by atoms with van der Waals surface area (Å²) >= 11 is 2.05. The van der Waals surface area contributed by atoms with E-state index < -0.39 is 0 Å². The van der Waals surface area contributed by atoms with Crippen molar-refractivity contribution in [2.75, 3.05) is 38.7 Å². The lowest BCUT2D eigenvalue weighted by atomic mass is 10.6. The standard InChI is InChI=1S/C9H20N2S/c1-11(2)6-8-12-7-5-10-9-3-4-9/h9-10H,3-8H2,1-2H3. The van der Waals surface area contributed by atoms with Gasteiger partial charge in [0.1, 0.15) is 0 Å². The van der Waals surface area contributed by atoms with Crippen LogP contribution >= 0.6 is 11.8 Å². The Kier molecular flexibility index (Phi) is 5.04. The molecule has 0 aliphatic heterocycles. The van der Waals surface area contributed by atoms with Crippen LogP contribution in [0.2, 0.25) is 0 Å². The third-order valence-electron chi connectivity index (χ3n) is 1.94. The van der Waals surface area contributed by atoms with Gasteiger partial charge >= 0.3 is 0 Å². The average molecular weight is 188 g/mol. The number of thioether (sulfide) groups is 1. The van der Waals surface area contributed by atoms with Crippen molar-refractivity contribution in [2.45, 2.75) is 18.9 Å². The minimum Gasteiger partial charge on any atom is -0.313 e. The topological polar surface area (TPSA) is 15.3 Å². The number of nitrogens with one attached hydrogen (secondary N) is 1. The van der Waals surface area contributed by atoms with E-state index >= 15 is 0 Å². The summed E-state index contributed by atoms with van der Waals surface area (Å²) in [6.07, 6.45) is 2.81. The molecule has 0 radical (unpaired) electrons. The van der Waals surface area contributed by atoms with E-state index in [0.29, 0.717) is 0 Å². The maximum atomic E-state index is 3.51. The fraction of sp³-hybridized carbons (Fsp3) is 1.00. The van der Waals surface area contributed by atoms with Gasteiger partial charge in [-0.2, -0.15) is 11.8 Å². The van der Waals surface area contributed by atoms with Crippen LogP contribution in [0.3, 0.4) is 0 Å². The smallest absolute Gasteiger partial charge is 0.00685 e. The quantitative estimate of drug-likeness (QED) is 0.601. The molecule has 0 amide bonds. The van der Waals surface area contributed by atoms with Gasteiger partial charge in [-0.05, 0) is 26.9 Å². The van der Waals surface area contributed by atoms with Crippen LogP contribution in [-0.2, 0) is 0 Å². The summed E-state index contributed by atoms with van der Waals surface area (Å²) in [4.78, 5) is 2.24. The Morgan fingerprint density at radius 1 is 1.33 bits per heavy atom. The Balaban J connectivity index is 1.70. The lowest BCUT2D eigenvalue weighted by Crippen LogP contribution is -2.20. The fourth-order valence-electron chi connectivity index (χ4n) is 0.972. The van der Waals surface area contributed by atoms with Crippen molar-refractivity contribution in [2.24, 2.45) is 0 Å². The van der Waals surface area contributed by atoms with E-state index in [1.54, 1.807) is 0 Å². The van der Waals surface area contributed by atoms with Crippen molar-refractivity contribution in [3.05, 3.63) is 0 Å². The molecule has 0 heterocycles. The molecule has 12 heavy (non-hydrogen) atoms. The van der Waals surface area contributed by atoms with Gasteiger partial charge in [0.15, 0.2) is 0 Å². The number of rotatable bonds is 7. The molecular weight excluding hydrogens is 168 g/mol. The predicted molar refractivity (Wildman–Crippen MR) is 56.9 cm³/mol. The summed E-state index contributed by atoms with van der Waals surface area (Å²) in [5.41, 5.74) is 0. The second-order valence-electron chi connectivity index (χ2n) is 3.64. The summed E-state index contributed by atoms with van der Waals surface area (Å²) < 4.78 is 0. The van der Waals surface area contributed by atoms with Crippen molar-refractivity contribution >= 4 is 11.8 Å². The zero-order valence-corrected chi connectivity index (χ0v) is 8.99. The van der Waals surface area contributed by atoms with Crippen molar-refractivity contribution in [1.29, 1.82) is 0 Å². The predicted octanol–water partition coefficient (Wildman–Crippen LogP) is 1.03. The van der Waals surface area contributed by atoms with Crippen molar-refractivity contribution in [3.8, 4) is 0 Å². The van der Waals surface area contributed by atoms with E-state index in [1.165, 1.54) is 37.4 Å². The number of hydrogen-bond donors (Lipinski definition) is 1. The summed E-state index contributed by atoms with van der Waals surface area (Å²) in [6.45, 7) is 2.40. The summed E-state index contributed by atoms with van der Waals surface area (Å²) in [6, 6.07) is 0.874. The van der Waals surface area contributed by atoms with Crippen LogP contribution in [0.25, 0.3) is 0 Å². The van der Waals surface area contributed by atoms with E-state index in [1.807, 2.05) is 11.8 Å². The highest BCUT2D eigenvalue weighted by Gasteiger charge is 2.19. The Labute approximate surface area is 80.1 Å². The van der Waals surface area contributed by atoms with Crippen LogP contribution in [0.1, 0.15) is 12.8 Å². The molecule has 0 saturated heterocycles. The number of nitrogens with zero attached hydrogens (tertiary/aromatic N) is 1. The monoisotopic (exact) mass is 188 g/mol. The fourth-order valence-corrected chi connectivity index (χ4v) is 1.93. The first-order chi connectivity index (χ1) is 5.79. The van der Waals surface area contributed by atoms with E-state index in [4.69, 9.17) is 0 Å². The second kappa shape index (κ2) is 5.84. The number of hydrogen-bond acceptors (Lipinski definition) is 3. The molecule has 1 N–H and O–H groups in total. The normalized spacial score (nSPS) is 17.2. The molecule has 2 nitrogen and oxygen atoms in total. The molecule has 0 spiro atoms. The van der Waals surface area contributed by atoms with Crippen LogP contribution in [-0.4, -0.2) is 49.6 Å². The highest BCUT2D eigenvalue weighted by molar-refractivity contribution is 7.99. The minimum absolute atomic E-state index is 0.874. The summed E-state index contributed by atoms with van der Waals surface area (Å²) in [7, 11) is 4.26. The molecular formula is C9H20N2S. The maximum Gasteiger partial charge on any atom is 0.00685 e. The lowest BCUT2D eigenvalue weighted by Gasteiger charge is -2.08. The molecule has 0 aromatic carbocycles. The highest BCUT2D eigenvalue weighted by Crippen LogP contribution is 2.18. The molecule has 1 saturated carbocycles. The van der Waals surface area contributed by atoms with Gasteiger partial charge in [-0.15, -0.1) is 0 Å². The van der Waals surface area contributed by atoms with E-state index in [9.17, 15) is 0 Å². The second-order valence-corrected chi connectivity index (χ2v) is 4.87. The van der Waals surface area contributed by atoms with Gasteiger partial charge in [0.05, 0.1) is 0 Å². The van der Waals surface area contributed by atoms with Gasteiger partial charge in [-0.3, -0.25) is 0 Å². The molecule has 0 aromatic rings. The Bertz CT molecular complexity index is 107. The molecule has 0 atom stereocenters. The Morgan fingerprint density at radius 3 is 2.67 bits per heavy atom. The Hall–Kier alpha value is 0.270. The SMILES string of the molecule is CN(C)CCSCCNC1CC1. The zero-order valence-electron chi connectivity index (χ0n) is 8.18. The summed E-state index contributed by atoms with van der Waals surface area (Å²) in [5, 5.41) is 3.51. The molecule has 3 heteroatoms. The van der Waals surface area contributed by atoms with Gasteiger partial charge in [0, 0.05) is 30.6 Å². The van der Waals surface area contributed by atoms with Gasteiger partial charge in [-0.25, -0.2) is 0 Å². The van der Waals surface area contributed by atoms with Gasteiger partial charge in [0.2, 0.25) is 0 Å². The van der Waals surface area contributed by atoms with Crippen molar-refractivity contribution < 1.29 is 0 Å². The first-order valence-electron chi connectivity index (χ1n) is 4.75. The van der Waals surface area contributed by atoms with Crippen molar-refractivity contribution in [1.82, 2.24) is 10.2 Å². The van der Waals surface area contributed by atoms with E-state index in [2.05, 4.69) is 24.3 Å². The largest absolute Gasteiger partial charge is 0.313 e. The van der Waals surface area contributed by atoms with Gasteiger partial charge in [-0.1, -0.05) is 0 Å². The van der Waals surface area contributed by atoms with E-state index in [-0.39, 0.29) is 0 Å². The highest BCUT2D eigenvalue weighted by atomic mass is 32.2. The molecule has 72 valence electrons. The lowest BCUT2D eigenvalue weighted by molar-refractivity contribution is 0.437. The molecule has 1 fully saturated rings. The average Bonchev–Trinajstić information content (AvgIpc) is 2.79. The zero-order chi connectivity index (χ0) is 8.81. The molecule has 1 aliphatic carbocycles. The van der Waals surface area contributed by atoms with E-state index in [0.717, 1.165) is 6.04 Å². The Morgan fingerprint density at radius 2 is 2.08 bits per heavy atom. The maximum absolute atomic E-state index is 3.51. The molecule has 1 aliphatic rings. The van der Waals surface area contributed by atoms with Crippen LogP contribution in [0.5, 0.6) is 0 Å². The first kappa shape index (κ1) is 10.4. The van der Waals surface area contributed by atoms with Crippen LogP contribution in [0.4, 0.5) is 0 Å². The van der Waals surface area contributed by atoms with Gasteiger partial charge < -0.3 is 10.2 Å². The van der Waals surface area contributed by atoms with Crippen LogP contribution in [0, 0.1) is 0 Å². The minimum atomic E-state index is 0.874. The first-order valence-corrected chi connectivity index (χ1v) is 5.90. The third kappa shape index (κ3) is 5.86. The molecule has 0 unspecified atom stereocenters.